The van der Waals surface area contributed by atoms with E-state index in [0.29, 0.717) is 17.9 Å². The number of methoxy groups -OCH3 is 1. The second-order valence-corrected chi connectivity index (χ2v) is 7.49. The van der Waals surface area contributed by atoms with Crippen molar-refractivity contribution in [3.8, 4) is 0 Å². The van der Waals surface area contributed by atoms with Gasteiger partial charge in [0, 0.05) is 29.8 Å². The first kappa shape index (κ1) is 13.7. The van der Waals surface area contributed by atoms with Crippen LogP contribution in [0.4, 0.5) is 0 Å². The van der Waals surface area contributed by atoms with Gasteiger partial charge >= 0.3 is 0 Å². The first-order valence-electron chi connectivity index (χ1n) is 8.60. The fraction of sp³-hybridized carbons (Fsp3) is 0.500. The number of fused-ring (bicyclic) bond motifs is 2. The van der Waals surface area contributed by atoms with E-state index in [-0.39, 0.29) is 11.7 Å². The highest BCUT2D eigenvalue weighted by Gasteiger charge is 2.60. The quantitative estimate of drug-likeness (QED) is 0.775. The Hall–Kier alpha value is -1.74. The van der Waals surface area contributed by atoms with Crippen molar-refractivity contribution in [2.24, 2.45) is 11.8 Å². The molecule has 2 aliphatic heterocycles. The summed E-state index contributed by atoms with van der Waals surface area (Å²) in [5.74, 6) is 2.01. The Morgan fingerprint density at radius 3 is 2.78 bits per heavy atom. The van der Waals surface area contributed by atoms with E-state index in [1.54, 1.807) is 7.11 Å². The fourth-order valence-electron chi connectivity index (χ4n) is 5.47. The Kier molecular flexibility index (Phi) is 2.63. The lowest BCUT2D eigenvalue weighted by Gasteiger charge is -2.46. The van der Waals surface area contributed by atoms with Crippen LogP contribution in [0.15, 0.2) is 47.8 Å². The monoisotopic (exact) mass is 309 g/mol. The van der Waals surface area contributed by atoms with Gasteiger partial charge in [-0.05, 0) is 56.0 Å². The average Bonchev–Trinajstić information content (AvgIpc) is 3.19. The summed E-state index contributed by atoms with van der Waals surface area (Å²) in [6.07, 6.45) is 11.5. The lowest BCUT2D eigenvalue weighted by molar-refractivity contribution is -0.0354. The molecule has 2 aliphatic carbocycles. The van der Waals surface area contributed by atoms with Crippen LogP contribution in [0.2, 0.25) is 0 Å². The predicted octanol–water partition coefficient (Wildman–Crippen LogP) is 3.85. The molecule has 2 bridgehead atoms. The van der Waals surface area contributed by atoms with Gasteiger partial charge < -0.3 is 14.0 Å². The largest absolute Gasteiger partial charge is 0.497 e. The molecular weight excluding hydrogens is 286 g/mol. The summed E-state index contributed by atoms with van der Waals surface area (Å²) >= 11 is 0. The van der Waals surface area contributed by atoms with Crippen LogP contribution < -0.4 is 0 Å². The summed E-state index contributed by atoms with van der Waals surface area (Å²) in [5, 5.41) is 0. The molecule has 3 nitrogen and oxygen atoms in total. The second kappa shape index (κ2) is 4.41. The Balaban J connectivity index is 1.61. The number of hydrogen-bond acceptors (Lipinski definition) is 2. The van der Waals surface area contributed by atoms with Gasteiger partial charge in [0.05, 0.1) is 18.8 Å². The number of aryl methyl sites for hydroxylation is 2. The fourth-order valence-corrected chi connectivity index (χ4v) is 5.47. The Morgan fingerprint density at radius 2 is 2.04 bits per heavy atom. The third-order valence-corrected chi connectivity index (χ3v) is 6.25. The van der Waals surface area contributed by atoms with E-state index in [9.17, 15) is 0 Å². The minimum Gasteiger partial charge on any atom is -0.497 e. The number of aromatic nitrogens is 1. The summed E-state index contributed by atoms with van der Waals surface area (Å²) in [4.78, 5) is 0. The highest BCUT2D eigenvalue weighted by atomic mass is 16.5. The summed E-state index contributed by atoms with van der Waals surface area (Å²) in [6.45, 7) is 4.42. The van der Waals surface area contributed by atoms with E-state index in [0.717, 1.165) is 18.6 Å². The summed E-state index contributed by atoms with van der Waals surface area (Å²) in [5.41, 5.74) is 4.02. The van der Waals surface area contributed by atoms with Crippen molar-refractivity contribution >= 4 is 0 Å². The van der Waals surface area contributed by atoms with Crippen LogP contribution >= 0.6 is 0 Å². The summed E-state index contributed by atoms with van der Waals surface area (Å²) in [7, 11) is 1.77. The SMILES string of the molecule is COC1=CC2CC(n3c(C)ccc3C)CC34C=CC(O3)C(=C1)C24. The van der Waals surface area contributed by atoms with Gasteiger partial charge in [0.2, 0.25) is 0 Å². The minimum atomic E-state index is -0.108. The smallest absolute Gasteiger partial charge is 0.115 e. The number of allylic oxidation sites excluding steroid dienone is 2. The number of hydrogen-bond donors (Lipinski definition) is 0. The van der Waals surface area contributed by atoms with Crippen LogP contribution in [0, 0.1) is 25.7 Å². The molecule has 1 aromatic heterocycles. The minimum absolute atomic E-state index is 0.108. The normalized spacial score (nSPS) is 40.0. The van der Waals surface area contributed by atoms with Gasteiger partial charge in [-0.25, -0.2) is 0 Å². The summed E-state index contributed by atoms with van der Waals surface area (Å²) in [6, 6.07) is 4.94. The van der Waals surface area contributed by atoms with Crippen molar-refractivity contribution in [1.29, 1.82) is 0 Å². The molecule has 1 aromatic rings. The molecule has 0 N–H and O–H groups in total. The van der Waals surface area contributed by atoms with Gasteiger partial charge in [0.15, 0.2) is 0 Å². The van der Waals surface area contributed by atoms with Crippen LogP contribution in [-0.4, -0.2) is 23.4 Å². The van der Waals surface area contributed by atoms with E-state index in [1.165, 1.54) is 17.0 Å². The molecule has 0 radical (unpaired) electrons. The maximum Gasteiger partial charge on any atom is 0.115 e. The van der Waals surface area contributed by atoms with E-state index >= 15 is 0 Å². The molecule has 5 rings (SSSR count). The molecular formula is C20H23NO2. The highest BCUT2D eigenvalue weighted by molar-refractivity contribution is 5.45. The predicted molar refractivity (Wildman–Crippen MR) is 89.1 cm³/mol. The van der Waals surface area contributed by atoms with Crippen molar-refractivity contribution in [1.82, 2.24) is 4.57 Å². The third kappa shape index (κ3) is 1.69. The van der Waals surface area contributed by atoms with Crippen molar-refractivity contribution in [3.63, 3.8) is 0 Å². The van der Waals surface area contributed by atoms with Crippen molar-refractivity contribution in [3.05, 3.63) is 59.2 Å². The van der Waals surface area contributed by atoms with Crippen LogP contribution in [0.1, 0.15) is 30.3 Å². The van der Waals surface area contributed by atoms with E-state index in [1.807, 2.05) is 0 Å². The summed E-state index contributed by atoms with van der Waals surface area (Å²) < 4.78 is 14.6. The van der Waals surface area contributed by atoms with Gasteiger partial charge in [-0.3, -0.25) is 0 Å². The average molecular weight is 309 g/mol. The van der Waals surface area contributed by atoms with Gasteiger partial charge in [0.25, 0.3) is 0 Å². The van der Waals surface area contributed by atoms with Crippen molar-refractivity contribution in [2.75, 3.05) is 7.11 Å². The maximum atomic E-state index is 6.50. The molecule has 1 saturated heterocycles. The zero-order valence-corrected chi connectivity index (χ0v) is 14.0. The Morgan fingerprint density at radius 1 is 1.26 bits per heavy atom. The molecule has 1 spiro atoms. The Bertz CT molecular complexity index is 749. The number of nitrogens with zero attached hydrogens (tertiary/aromatic N) is 1. The lowest BCUT2D eigenvalue weighted by Crippen LogP contribution is -2.45. The zero-order chi connectivity index (χ0) is 15.8. The lowest BCUT2D eigenvalue weighted by atomic mass is 9.62. The second-order valence-electron chi connectivity index (χ2n) is 7.49. The third-order valence-electron chi connectivity index (χ3n) is 6.25. The molecule has 23 heavy (non-hydrogen) atoms. The molecule has 1 saturated carbocycles. The standard InChI is InChI=1S/C20H23NO2/c1-12-4-5-13(2)21(12)15-8-14-9-16(22-3)10-17-18-6-7-20(11-15,23-18)19(14)17/h4-7,9-10,14-15,18-19H,8,11H2,1-3H3. The molecule has 2 fully saturated rings. The zero-order valence-electron chi connectivity index (χ0n) is 14.0. The first-order chi connectivity index (χ1) is 11.1. The van der Waals surface area contributed by atoms with Crippen LogP contribution in [0.25, 0.3) is 0 Å². The number of rotatable bonds is 2. The van der Waals surface area contributed by atoms with Gasteiger partial charge in [-0.1, -0.05) is 12.2 Å². The first-order valence-corrected chi connectivity index (χ1v) is 8.60. The molecule has 4 aliphatic rings. The van der Waals surface area contributed by atoms with Gasteiger partial charge in [-0.2, -0.15) is 0 Å². The molecule has 5 atom stereocenters. The van der Waals surface area contributed by atoms with E-state index in [4.69, 9.17) is 9.47 Å². The topological polar surface area (TPSA) is 23.4 Å². The molecule has 3 heterocycles. The van der Waals surface area contributed by atoms with E-state index < -0.39 is 0 Å². The van der Waals surface area contributed by atoms with Crippen LogP contribution in [0.3, 0.4) is 0 Å². The molecule has 3 heteroatoms. The van der Waals surface area contributed by atoms with Gasteiger partial charge in [-0.15, -0.1) is 0 Å². The number of ether oxygens (including phenoxy) is 2. The molecule has 5 unspecified atom stereocenters. The van der Waals surface area contributed by atoms with Crippen molar-refractivity contribution < 1.29 is 9.47 Å². The maximum absolute atomic E-state index is 6.50. The molecule has 0 aromatic carbocycles. The molecule has 120 valence electrons. The van der Waals surface area contributed by atoms with E-state index in [2.05, 4.69) is 54.9 Å². The van der Waals surface area contributed by atoms with Crippen LogP contribution in [0.5, 0.6) is 0 Å². The highest BCUT2D eigenvalue weighted by Crippen LogP contribution is 2.60. The van der Waals surface area contributed by atoms with Crippen LogP contribution in [-0.2, 0) is 9.47 Å². The molecule has 0 amide bonds. The van der Waals surface area contributed by atoms with Gasteiger partial charge in [0.1, 0.15) is 5.76 Å². The Labute approximate surface area is 137 Å². The van der Waals surface area contributed by atoms with Crippen molar-refractivity contribution in [2.45, 2.75) is 44.4 Å².